The summed E-state index contributed by atoms with van der Waals surface area (Å²) in [6.45, 7) is 4.79. The fourth-order valence-corrected chi connectivity index (χ4v) is 5.68. The van der Waals surface area contributed by atoms with Crippen LogP contribution in [0.15, 0.2) is 29.2 Å². The predicted octanol–water partition coefficient (Wildman–Crippen LogP) is 3.78. The highest BCUT2D eigenvalue weighted by molar-refractivity contribution is 7.89. The highest BCUT2D eigenvalue weighted by Gasteiger charge is 2.31. The average Bonchev–Trinajstić information content (AvgIpc) is 2.84. The van der Waals surface area contributed by atoms with E-state index in [1.807, 2.05) is 12.1 Å². The monoisotopic (exact) mass is 423 g/mol. The molecule has 0 aliphatic carbocycles. The van der Waals surface area contributed by atoms with Gasteiger partial charge in [-0.1, -0.05) is 36.6 Å². The lowest BCUT2D eigenvalue weighted by Gasteiger charge is -2.20. The molecule has 1 aliphatic rings. The standard InChI is InChI=1S/C20H26ClN3O3S/c1-14-18(20(25)22-13-16-7-9-17(21)10-8-16)23-15(2)19(14)28(26,27)24-11-5-3-4-6-12-24/h7-10,23H,3-6,11-13H2,1-2H3,(H,22,25). The van der Waals surface area contributed by atoms with Gasteiger partial charge < -0.3 is 10.3 Å². The molecule has 0 saturated carbocycles. The van der Waals surface area contributed by atoms with Crippen molar-refractivity contribution >= 4 is 27.5 Å². The normalized spacial score (nSPS) is 16.0. The molecular weight excluding hydrogens is 398 g/mol. The molecule has 1 saturated heterocycles. The molecule has 1 fully saturated rings. The zero-order chi connectivity index (χ0) is 20.3. The Morgan fingerprint density at radius 1 is 1.11 bits per heavy atom. The maximum Gasteiger partial charge on any atom is 0.268 e. The Bertz CT molecular complexity index is 944. The van der Waals surface area contributed by atoms with Crippen molar-refractivity contribution in [1.29, 1.82) is 0 Å². The van der Waals surface area contributed by atoms with E-state index in [1.165, 1.54) is 0 Å². The first-order valence-electron chi connectivity index (χ1n) is 9.52. The number of nitrogens with zero attached hydrogens (tertiary/aromatic N) is 1. The van der Waals surface area contributed by atoms with Crippen LogP contribution >= 0.6 is 11.6 Å². The number of carbonyl (C=O) groups excluding carboxylic acids is 1. The summed E-state index contributed by atoms with van der Waals surface area (Å²) in [4.78, 5) is 15.9. The summed E-state index contributed by atoms with van der Waals surface area (Å²) in [6.07, 6.45) is 3.84. The number of halogens is 1. The summed E-state index contributed by atoms with van der Waals surface area (Å²) in [5, 5.41) is 3.47. The number of aromatic amines is 1. The Kier molecular flexibility index (Phi) is 6.47. The number of carbonyl (C=O) groups is 1. The fourth-order valence-electron chi connectivity index (χ4n) is 3.63. The minimum atomic E-state index is -3.62. The molecule has 6 nitrogen and oxygen atoms in total. The summed E-state index contributed by atoms with van der Waals surface area (Å²) in [5.41, 5.74) is 2.17. The minimum Gasteiger partial charge on any atom is -0.353 e. The average molecular weight is 424 g/mol. The van der Waals surface area contributed by atoms with E-state index in [-0.39, 0.29) is 10.8 Å². The van der Waals surface area contributed by atoms with E-state index in [0.29, 0.717) is 41.6 Å². The molecule has 28 heavy (non-hydrogen) atoms. The maximum atomic E-state index is 13.2. The Hall–Kier alpha value is -1.83. The largest absolute Gasteiger partial charge is 0.353 e. The van der Waals surface area contributed by atoms with E-state index in [0.717, 1.165) is 31.2 Å². The molecule has 0 radical (unpaired) electrons. The molecule has 8 heteroatoms. The van der Waals surface area contributed by atoms with Crippen LogP contribution in [0, 0.1) is 13.8 Å². The van der Waals surface area contributed by atoms with Crippen LogP contribution in [0.4, 0.5) is 0 Å². The predicted molar refractivity (Wildman–Crippen MR) is 110 cm³/mol. The van der Waals surface area contributed by atoms with Crippen molar-refractivity contribution < 1.29 is 13.2 Å². The number of nitrogens with one attached hydrogen (secondary N) is 2. The van der Waals surface area contributed by atoms with Crippen LogP contribution in [0.3, 0.4) is 0 Å². The van der Waals surface area contributed by atoms with E-state index in [1.54, 1.807) is 30.3 Å². The van der Waals surface area contributed by atoms with E-state index in [4.69, 9.17) is 11.6 Å². The molecule has 2 heterocycles. The van der Waals surface area contributed by atoms with Crippen LogP contribution in [-0.2, 0) is 16.6 Å². The van der Waals surface area contributed by atoms with Gasteiger partial charge in [0.05, 0.1) is 0 Å². The Morgan fingerprint density at radius 3 is 2.32 bits per heavy atom. The molecule has 1 aromatic heterocycles. The van der Waals surface area contributed by atoms with Crippen molar-refractivity contribution in [2.24, 2.45) is 0 Å². The van der Waals surface area contributed by atoms with Crippen molar-refractivity contribution in [3.8, 4) is 0 Å². The minimum absolute atomic E-state index is 0.228. The van der Waals surface area contributed by atoms with E-state index in [2.05, 4.69) is 10.3 Å². The van der Waals surface area contributed by atoms with Gasteiger partial charge in [0.2, 0.25) is 10.0 Å². The molecule has 1 aliphatic heterocycles. The molecule has 152 valence electrons. The van der Waals surface area contributed by atoms with E-state index in [9.17, 15) is 13.2 Å². The van der Waals surface area contributed by atoms with Crippen LogP contribution in [0.2, 0.25) is 5.02 Å². The first-order chi connectivity index (χ1) is 13.3. The van der Waals surface area contributed by atoms with Crippen molar-refractivity contribution in [2.45, 2.75) is 51.0 Å². The van der Waals surface area contributed by atoms with Crippen LogP contribution in [-0.4, -0.2) is 36.7 Å². The summed E-state index contributed by atoms with van der Waals surface area (Å²) in [7, 11) is -3.62. The van der Waals surface area contributed by atoms with E-state index < -0.39 is 10.0 Å². The quantitative estimate of drug-likeness (QED) is 0.767. The number of aryl methyl sites for hydroxylation is 1. The number of hydrogen-bond donors (Lipinski definition) is 2. The lowest BCUT2D eigenvalue weighted by atomic mass is 10.2. The number of benzene rings is 1. The van der Waals surface area contributed by atoms with Crippen molar-refractivity contribution in [3.63, 3.8) is 0 Å². The number of aromatic nitrogens is 1. The van der Waals surface area contributed by atoms with Crippen LogP contribution in [0.1, 0.15) is 53.0 Å². The van der Waals surface area contributed by atoms with Crippen molar-refractivity contribution in [1.82, 2.24) is 14.6 Å². The number of hydrogen-bond acceptors (Lipinski definition) is 3. The third-order valence-electron chi connectivity index (χ3n) is 5.12. The van der Waals surface area contributed by atoms with E-state index >= 15 is 0 Å². The fraction of sp³-hybridized carbons (Fsp3) is 0.450. The van der Waals surface area contributed by atoms with Gasteiger partial charge in [-0.25, -0.2) is 8.42 Å². The molecule has 0 bridgehead atoms. The number of amides is 1. The van der Waals surface area contributed by atoms with Crippen molar-refractivity contribution in [2.75, 3.05) is 13.1 Å². The van der Waals surface area contributed by atoms with Crippen molar-refractivity contribution in [3.05, 3.63) is 51.8 Å². The van der Waals surface area contributed by atoms with Gasteiger partial charge in [0, 0.05) is 30.4 Å². The number of rotatable bonds is 5. The summed E-state index contributed by atoms with van der Waals surface area (Å²) >= 11 is 5.87. The van der Waals surface area contributed by atoms with Gasteiger partial charge in [-0.2, -0.15) is 4.31 Å². The number of H-pyrrole nitrogens is 1. The third-order valence-corrected chi connectivity index (χ3v) is 7.55. The number of sulfonamides is 1. The van der Waals surface area contributed by atoms with Crippen LogP contribution in [0.5, 0.6) is 0 Å². The highest BCUT2D eigenvalue weighted by atomic mass is 35.5. The van der Waals surface area contributed by atoms with Gasteiger partial charge in [0.15, 0.2) is 0 Å². The molecule has 0 spiro atoms. The molecule has 3 rings (SSSR count). The SMILES string of the molecule is Cc1[nH]c(C(=O)NCc2ccc(Cl)cc2)c(C)c1S(=O)(=O)N1CCCCCC1. The topological polar surface area (TPSA) is 82.3 Å². The second-order valence-corrected chi connectivity index (χ2v) is 9.52. The third kappa shape index (κ3) is 4.42. The zero-order valence-corrected chi connectivity index (χ0v) is 17.8. The molecule has 1 aromatic carbocycles. The Labute approximate surface area is 171 Å². The molecule has 0 atom stereocenters. The van der Waals surface area contributed by atoms with Gasteiger partial charge in [-0.15, -0.1) is 0 Å². The Balaban J connectivity index is 1.80. The summed E-state index contributed by atoms with van der Waals surface area (Å²) in [5.74, 6) is -0.326. The molecule has 0 unspecified atom stereocenters. The van der Waals surface area contributed by atoms with Crippen LogP contribution < -0.4 is 5.32 Å². The Morgan fingerprint density at radius 2 is 1.71 bits per heavy atom. The second kappa shape index (κ2) is 8.68. The summed E-state index contributed by atoms with van der Waals surface area (Å²) < 4.78 is 27.9. The zero-order valence-electron chi connectivity index (χ0n) is 16.2. The smallest absolute Gasteiger partial charge is 0.268 e. The van der Waals surface area contributed by atoms with Crippen LogP contribution in [0.25, 0.3) is 0 Å². The molecule has 2 aromatic rings. The summed E-state index contributed by atoms with van der Waals surface area (Å²) in [6, 6.07) is 7.20. The van der Waals surface area contributed by atoms with Gasteiger partial charge in [0.1, 0.15) is 10.6 Å². The van der Waals surface area contributed by atoms with Gasteiger partial charge in [-0.05, 0) is 49.9 Å². The lowest BCUT2D eigenvalue weighted by Crippen LogP contribution is -2.32. The molecular formula is C20H26ClN3O3S. The van der Waals surface area contributed by atoms with Gasteiger partial charge in [-0.3, -0.25) is 4.79 Å². The molecule has 1 amide bonds. The molecule has 2 N–H and O–H groups in total. The first-order valence-corrected chi connectivity index (χ1v) is 11.3. The highest BCUT2D eigenvalue weighted by Crippen LogP contribution is 2.28. The maximum absolute atomic E-state index is 13.2. The lowest BCUT2D eigenvalue weighted by molar-refractivity contribution is 0.0945. The van der Waals surface area contributed by atoms with Gasteiger partial charge in [0.25, 0.3) is 5.91 Å². The van der Waals surface area contributed by atoms with Gasteiger partial charge >= 0.3 is 0 Å². The second-order valence-electron chi connectivity index (χ2n) is 7.21. The first kappa shape index (κ1) is 20.9.